The zero-order valence-electron chi connectivity index (χ0n) is 14.6. The van der Waals surface area contributed by atoms with Gasteiger partial charge in [0.1, 0.15) is 6.29 Å². The second-order valence-electron chi connectivity index (χ2n) is 5.99. The van der Waals surface area contributed by atoms with E-state index in [9.17, 15) is 19.7 Å². The molecule has 0 aliphatic rings. The van der Waals surface area contributed by atoms with Gasteiger partial charge in [-0.3, -0.25) is 19.7 Å². The number of benzene rings is 2. The Bertz CT molecular complexity index is 790. The lowest BCUT2D eigenvalue weighted by molar-refractivity contribution is -0.385. The summed E-state index contributed by atoms with van der Waals surface area (Å²) in [4.78, 5) is 35.4. The number of carbonyl (C=O) groups excluding carboxylic acids is 2. The van der Waals surface area contributed by atoms with Crippen LogP contribution in [0, 0.1) is 10.1 Å². The summed E-state index contributed by atoms with van der Waals surface area (Å²) in [5, 5.41) is 11.1. The maximum Gasteiger partial charge on any atom is 0.311 e. The zero-order valence-corrected chi connectivity index (χ0v) is 14.6. The van der Waals surface area contributed by atoms with Crippen LogP contribution >= 0.6 is 0 Å². The van der Waals surface area contributed by atoms with E-state index >= 15 is 0 Å². The maximum atomic E-state index is 12.5. The first kappa shape index (κ1) is 19.1. The maximum absolute atomic E-state index is 12.5. The van der Waals surface area contributed by atoms with Crippen molar-refractivity contribution in [3.63, 3.8) is 0 Å². The molecule has 0 aliphatic carbocycles. The SMILES string of the molecule is CC(C)N(Cc1ccccc1)C(=O)COc1ccc(C=O)cc1[N+](=O)[O-]. The highest BCUT2D eigenvalue weighted by Crippen LogP contribution is 2.27. The van der Waals surface area contributed by atoms with Crippen molar-refractivity contribution in [2.45, 2.75) is 26.4 Å². The van der Waals surface area contributed by atoms with Crippen LogP contribution in [0.15, 0.2) is 48.5 Å². The minimum Gasteiger partial charge on any atom is -0.477 e. The van der Waals surface area contributed by atoms with E-state index in [1.165, 1.54) is 12.1 Å². The highest BCUT2D eigenvalue weighted by Gasteiger charge is 2.21. The van der Waals surface area contributed by atoms with E-state index in [2.05, 4.69) is 0 Å². The van der Waals surface area contributed by atoms with E-state index in [-0.39, 0.29) is 35.6 Å². The van der Waals surface area contributed by atoms with E-state index in [0.717, 1.165) is 11.6 Å². The van der Waals surface area contributed by atoms with Crippen molar-refractivity contribution in [3.05, 3.63) is 69.8 Å². The van der Waals surface area contributed by atoms with Gasteiger partial charge in [-0.2, -0.15) is 0 Å². The average Bonchev–Trinajstić information content (AvgIpc) is 2.64. The van der Waals surface area contributed by atoms with Gasteiger partial charge in [0.2, 0.25) is 0 Å². The fraction of sp³-hybridized carbons (Fsp3) is 0.263. The molecule has 1 amide bonds. The van der Waals surface area contributed by atoms with Crippen LogP contribution in [0.5, 0.6) is 5.75 Å². The van der Waals surface area contributed by atoms with Gasteiger partial charge in [-0.05, 0) is 31.5 Å². The number of hydrogen-bond donors (Lipinski definition) is 0. The predicted octanol–water partition coefficient (Wildman–Crippen LogP) is 3.22. The van der Waals surface area contributed by atoms with Gasteiger partial charge in [-0.25, -0.2) is 0 Å². The normalized spacial score (nSPS) is 10.4. The van der Waals surface area contributed by atoms with Crippen molar-refractivity contribution in [3.8, 4) is 5.75 Å². The summed E-state index contributed by atoms with van der Waals surface area (Å²) in [7, 11) is 0. The van der Waals surface area contributed by atoms with E-state index < -0.39 is 4.92 Å². The molecule has 2 aromatic carbocycles. The third kappa shape index (κ3) is 4.89. The largest absolute Gasteiger partial charge is 0.477 e. The average molecular weight is 356 g/mol. The molecule has 0 bridgehead atoms. The number of hydrogen-bond acceptors (Lipinski definition) is 5. The summed E-state index contributed by atoms with van der Waals surface area (Å²) in [6.45, 7) is 3.88. The Kier molecular flexibility index (Phi) is 6.43. The third-order valence-corrected chi connectivity index (χ3v) is 3.81. The summed E-state index contributed by atoms with van der Waals surface area (Å²) in [5.74, 6) is -0.324. The van der Waals surface area contributed by atoms with Crippen molar-refractivity contribution < 1.29 is 19.2 Å². The van der Waals surface area contributed by atoms with Gasteiger partial charge in [-0.15, -0.1) is 0 Å². The molecule has 0 saturated carbocycles. The van der Waals surface area contributed by atoms with Crippen LogP contribution in [0.2, 0.25) is 0 Å². The van der Waals surface area contributed by atoms with Crippen LogP contribution in [-0.2, 0) is 11.3 Å². The van der Waals surface area contributed by atoms with Crippen molar-refractivity contribution in [2.24, 2.45) is 0 Å². The van der Waals surface area contributed by atoms with E-state index in [4.69, 9.17) is 4.74 Å². The molecule has 7 heteroatoms. The Morgan fingerprint density at radius 1 is 1.23 bits per heavy atom. The molecule has 0 unspecified atom stereocenters. The molecule has 0 saturated heterocycles. The number of nitro groups is 1. The highest BCUT2D eigenvalue weighted by molar-refractivity contribution is 5.79. The Morgan fingerprint density at radius 2 is 1.92 bits per heavy atom. The molecule has 2 aromatic rings. The number of amides is 1. The smallest absolute Gasteiger partial charge is 0.311 e. The van der Waals surface area contributed by atoms with Crippen molar-refractivity contribution in [2.75, 3.05) is 6.61 Å². The first-order valence-electron chi connectivity index (χ1n) is 8.12. The summed E-state index contributed by atoms with van der Waals surface area (Å²) < 4.78 is 5.38. The lowest BCUT2D eigenvalue weighted by atomic mass is 10.2. The fourth-order valence-electron chi connectivity index (χ4n) is 2.43. The van der Waals surface area contributed by atoms with E-state index in [1.54, 1.807) is 4.90 Å². The summed E-state index contributed by atoms with van der Waals surface area (Å²) in [6.07, 6.45) is 0.516. The molecule has 0 aliphatic heterocycles. The standard InChI is InChI=1S/C19H20N2O5/c1-14(2)20(11-15-6-4-3-5-7-15)19(23)13-26-18-9-8-16(12-22)10-17(18)21(24)25/h3-10,12,14H,11,13H2,1-2H3. The van der Waals surface area contributed by atoms with Crippen molar-refractivity contribution >= 4 is 17.9 Å². The predicted molar refractivity (Wildman–Crippen MR) is 96.1 cm³/mol. The van der Waals surface area contributed by atoms with Gasteiger partial charge < -0.3 is 9.64 Å². The fourth-order valence-corrected chi connectivity index (χ4v) is 2.43. The van der Waals surface area contributed by atoms with Crippen LogP contribution in [0.25, 0.3) is 0 Å². The molecule has 2 rings (SSSR count). The van der Waals surface area contributed by atoms with Crippen LogP contribution in [0.3, 0.4) is 0 Å². The van der Waals surface area contributed by atoms with E-state index in [0.29, 0.717) is 12.8 Å². The molecule has 0 aromatic heterocycles. The summed E-state index contributed by atoms with van der Waals surface area (Å²) in [6, 6.07) is 13.3. The molecule has 0 fully saturated rings. The minimum absolute atomic E-state index is 0.0441. The van der Waals surface area contributed by atoms with Gasteiger partial charge in [0.25, 0.3) is 5.91 Å². The monoisotopic (exact) mass is 356 g/mol. The number of carbonyl (C=O) groups is 2. The lowest BCUT2D eigenvalue weighted by Gasteiger charge is -2.27. The first-order chi connectivity index (χ1) is 12.4. The topological polar surface area (TPSA) is 89.8 Å². The molecule has 136 valence electrons. The second-order valence-corrected chi connectivity index (χ2v) is 5.99. The molecule has 0 radical (unpaired) electrons. The quantitative estimate of drug-likeness (QED) is 0.411. The summed E-state index contributed by atoms with van der Waals surface area (Å²) in [5.41, 5.74) is 0.806. The molecule has 0 heterocycles. The zero-order chi connectivity index (χ0) is 19.1. The Hall–Kier alpha value is -3.22. The third-order valence-electron chi connectivity index (χ3n) is 3.81. The number of nitro benzene ring substituents is 1. The van der Waals surface area contributed by atoms with Crippen LogP contribution in [-0.4, -0.2) is 34.7 Å². The van der Waals surface area contributed by atoms with Crippen LogP contribution in [0.1, 0.15) is 29.8 Å². The number of rotatable bonds is 8. The van der Waals surface area contributed by atoms with Gasteiger partial charge in [0, 0.05) is 24.2 Å². The number of nitrogens with zero attached hydrogens (tertiary/aromatic N) is 2. The number of aldehydes is 1. The lowest BCUT2D eigenvalue weighted by Crippen LogP contribution is -2.39. The Balaban J connectivity index is 2.10. The molecular formula is C19H20N2O5. The van der Waals surface area contributed by atoms with Crippen molar-refractivity contribution in [1.29, 1.82) is 0 Å². The van der Waals surface area contributed by atoms with Gasteiger partial charge in [-0.1, -0.05) is 30.3 Å². The van der Waals surface area contributed by atoms with Gasteiger partial charge in [0.15, 0.2) is 12.4 Å². The summed E-state index contributed by atoms with van der Waals surface area (Å²) >= 11 is 0. The molecule has 0 N–H and O–H groups in total. The molecule has 7 nitrogen and oxygen atoms in total. The van der Waals surface area contributed by atoms with Crippen LogP contribution < -0.4 is 4.74 Å². The Morgan fingerprint density at radius 3 is 2.50 bits per heavy atom. The van der Waals surface area contributed by atoms with Gasteiger partial charge >= 0.3 is 5.69 Å². The first-order valence-corrected chi connectivity index (χ1v) is 8.12. The second kappa shape index (κ2) is 8.75. The Labute approximate surface area is 151 Å². The van der Waals surface area contributed by atoms with Crippen LogP contribution in [0.4, 0.5) is 5.69 Å². The minimum atomic E-state index is -0.642. The van der Waals surface area contributed by atoms with Crippen molar-refractivity contribution in [1.82, 2.24) is 4.90 Å². The van der Waals surface area contributed by atoms with E-state index in [1.807, 2.05) is 44.2 Å². The molecular weight excluding hydrogens is 336 g/mol. The highest BCUT2D eigenvalue weighted by atomic mass is 16.6. The van der Waals surface area contributed by atoms with Gasteiger partial charge in [0.05, 0.1) is 4.92 Å². The molecule has 26 heavy (non-hydrogen) atoms. The molecule has 0 spiro atoms. The molecule has 0 atom stereocenters. The number of ether oxygens (including phenoxy) is 1.